The van der Waals surface area contributed by atoms with E-state index in [1.807, 2.05) is 0 Å². The van der Waals surface area contributed by atoms with E-state index < -0.39 is 5.31 Å². The molecule has 1 aromatic rings. The minimum atomic E-state index is -0.463. The number of hydrogen-bond acceptors (Lipinski definition) is 2. The van der Waals surface area contributed by atoms with Gasteiger partial charge in [-0.2, -0.15) is 5.26 Å². The first kappa shape index (κ1) is 10.5. The fraction of sp³-hybridized carbons (Fsp3) is 0.364. The normalized spacial score (nSPS) is 29.3. The Hall–Kier alpha value is -0.975. The molecule has 0 unspecified atom stereocenters. The second-order valence-corrected chi connectivity index (χ2v) is 4.56. The van der Waals surface area contributed by atoms with Crippen molar-refractivity contribution >= 4 is 19.4 Å². The van der Waals surface area contributed by atoms with Crippen LogP contribution >= 0.6 is 11.6 Å². The Morgan fingerprint density at radius 3 is 2.73 bits per heavy atom. The molecule has 4 heteroatoms. The third-order valence-electron chi connectivity index (χ3n) is 2.89. The highest BCUT2D eigenvalue weighted by atomic mass is 35.5. The maximum absolute atomic E-state index is 8.98. The van der Waals surface area contributed by atoms with Gasteiger partial charge in [0, 0.05) is 11.1 Å². The number of nitrogens with zero attached hydrogens (tertiary/aromatic N) is 1. The molecule has 1 aromatic carbocycles. The fourth-order valence-electron chi connectivity index (χ4n) is 2.12. The van der Waals surface area contributed by atoms with Gasteiger partial charge in [-0.25, -0.2) is 0 Å². The maximum atomic E-state index is 8.98. The van der Waals surface area contributed by atoms with E-state index in [0.29, 0.717) is 23.4 Å². The van der Waals surface area contributed by atoms with Crippen molar-refractivity contribution in [2.24, 2.45) is 5.73 Å². The van der Waals surface area contributed by atoms with E-state index in [9.17, 15) is 0 Å². The van der Waals surface area contributed by atoms with E-state index in [0.717, 1.165) is 5.56 Å². The lowest BCUT2D eigenvalue weighted by molar-refractivity contribution is 0.303. The van der Waals surface area contributed by atoms with Crippen molar-refractivity contribution < 1.29 is 0 Å². The highest BCUT2D eigenvalue weighted by molar-refractivity contribution is 6.30. The van der Waals surface area contributed by atoms with E-state index in [1.165, 1.54) is 0 Å². The number of halogens is 1. The quantitative estimate of drug-likeness (QED) is 0.727. The zero-order chi connectivity index (χ0) is 11.1. The summed E-state index contributed by atoms with van der Waals surface area (Å²) in [6.07, 6.45) is 1.42. The number of benzene rings is 1. The number of nitrogens with two attached hydrogens (primary N) is 1. The average molecular weight is 216 g/mol. The number of nitriles is 1. The summed E-state index contributed by atoms with van der Waals surface area (Å²) in [5.74, 6) is 0. The number of hydrogen-bond donors (Lipinski definition) is 1. The van der Waals surface area contributed by atoms with Crippen LogP contribution in [0.2, 0.25) is 5.02 Å². The zero-order valence-corrected chi connectivity index (χ0v) is 8.96. The Bertz CT molecular complexity index is 433. The molecule has 74 valence electrons. The molecule has 1 aliphatic carbocycles. The summed E-state index contributed by atoms with van der Waals surface area (Å²) in [5, 5.41) is 9.12. The number of rotatable bonds is 1. The molecule has 0 atom stereocenters. The third-order valence-corrected chi connectivity index (χ3v) is 3.13. The summed E-state index contributed by atoms with van der Waals surface area (Å²) < 4.78 is 0. The second-order valence-electron chi connectivity index (χ2n) is 4.13. The van der Waals surface area contributed by atoms with Crippen LogP contribution in [0.15, 0.2) is 18.2 Å². The standard InChI is InChI=1S/C11H10BClN2/c12-11(4-9(15)5-11)10-3-8(13)2-1-7(10)6-14/h1-3,9H,4-5,15H2. The zero-order valence-electron chi connectivity index (χ0n) is 8.20. The Morgan fingerprint density at radius 2 is 2.20 bits per heavy atom. The molecule has 0 heterocycles. The van der Waals surface area contributed by atoms with Crippen LogP contribution in [0.25, 0.3) is 0 Å². The first-order chi connectivity index (χ1) is 7.05. The summed E-state index contributed by atoms with van der Waals surface area (Å²) in [6, 6.07) is 7.45. The van der Waals surface area contributed by atoms with E-state index in [4.69, 9.17) is 30.4 Å². The van der Waals surface area contributed by atoms with E-state index in [-0.39, 0.29) is 6.04 Å². The molecule has 0 bridgehead atoms. The Kier molecular flexibility index (Phi) is 2.50. The van der Waals surface area contributed by atoms with Crippen molar-refractivity contribution in [2.75, 3.05) is 0 Å². The van der Waals surface area contributed by atoms with Crippen LogP contribution in [0.3, 0.4) is 0 Å². The molecule has 2 rings (SSSR count). The Morgan fingerprint density at radius 1 is 1.53 bits per heavy atom. The van der Waals surface area contributed by atoms with E-state index in [2.05, 4.69) is 6.07 Å². The lowest BCUT2D eigenvalue weighted by Crippen LogP contribution is -2.50. The minimum absolute atomic E-state index is 0.139. The molecule has 2 N–H and O–H groups in total. The van der Waals surface area contributed by atoms with Gasteiger partial charge in [0.25, 0.3) is 0 Å². The van der Waals surface area contributed by atoms with Gasteiger partial charge in [-0.05, 0) is 41.9 Å². The van der Waals surface area contributed by atoms with Gasteiger partial charge in [-0.1, -0.05) is 11.6 Å². The van der Waals surface area contributed by atoms with Crippen molar-refractivity contribution in [2.45, 2.75) is 24.2 Å². The van der Waals surface area contributed by atoms with Crippen molar-refractivity contribution in [1.82, 2.24) is 0 Å². The van der Waals surface area contributed by atoms with Crippen LogP contribution in [0.4, 0.5) is 0 Å². The minimum Gasteiger partial charge on any atom is -0.328 e. The van der Waals surface area contributed by atoms with Gasteiger partial charge >= 0.3 is 0 Å². The molecule has 2 nitrogen and oxygen atoms in total. The van der Waals surface area contributed by atoms with E-state index >= 15 is 0 Å². The largest absolute Gasteiger partial charge is 0.328 e. The molecule has 0 saturated heterocycles. The van der Waals surface area contributed by atoms with Gasteiger partial charge in [0.05, 0.1) is 19.5 Å². The first-order valence-electron chi connectivity index (χ1n) is 4.80. The van der Waals surface area contributed by atoms with E-state index in [1.54, 1.807) is 18.2 Å². The molecule has 1 fully saturated rings. The average Bonchev–Trinajstić information content (AvgIpc) is 2.15. The fourth-order valence-corrected chi connectivity index (χ4v) is 2.29. The monoisotopic (exact) mass is 216 g/mol. The van der Waals surface area contributed by atoms with Crippen LogP contribution in [0.1, 0.15) is 24.0 Å². The summed E-state index contributed by atoms with van der Waals surface area (Å²) in [7, 11) is 6.17. The summed E-state index contributed by atoms with van der Waals surface area (Å²) in [4.78, 5) is 0. The Labute approximate surface area is 95.4 Å². The molecule has 0 aliphatic heterocycles. The maximum Gasteiger partial charge on any atom is 0.0994 e. The molecule has 1 saturated carbocycles. The first-order valence-corrected chi connectivity index (χ1v) is 5.17. The lowest BCUT2D eigenvalue weighted by Gasteiger charge is -2.45. The van der Waals surface area contributed by atoms with Crippen molar-refractivity contribution in [1.29, 1.82) is 5.26 Å². The predicted octanol–water partition coefficient (Wildman–Crippen LogP) is 1.70. The molecular formula is C11H10BClN2. The molecular weight excluding hydrogens is 206 g/mol. The summed E-state index contributed by atoms with van der Waals surface area (Å²) in [6.45, 7) is 0. The van der Waals surface area contributed by atoms with Crippen LogP contribution < -0.4 is 5.73 Å². The Balaban J connectivity index is 2.44. The van der Waals surface area contributed by atoms with Gasteiger partial charge < -0.3 is 5.73 Å². The smallest absolute Gasteiger partial charge is 0.0994 e. The molecule has 0 amide bonds. The van der Waals surface area contributed by atoms with Gasteiger partial charge in [0.1, 0.15) is 0 Å². The van der Waals surface area contributed by atoms with Gasteiger partial charge in [-0.3, -0.25) is 0 Å². The summed E-state index contributed by atoms with van der Waals surface area (Å²) >= 11 is 5.90. The molecule has 1 aliphatic rings. The van der Waals surface area contributed by atoms with Crippen molar-refractivity contribution in [3.05, 3.63) is 34.3 Å². The van der Waals surface area contributed by atoms with Gasteiger partial charge in [0.15, 0.2) is 0 Å². The third kappa shape index (κ3) is 1.76. The van der Waals surface area contributed by atoms with Crippen LogP contribution in [-0.2, 0) is 5.31 Å². The van der Waals surface area contributed by atoms with Crippen molar-refractivity contribution in [3.8, 4) is 6.07 Å². The van der Waals surface area contributed by atoms with Crippen LogP contribution in [0.5, 0.6) is 0 Å². The molecule has 0 aromatic heterocycles. The van der Waals surface area contributed by atoms with Gasteiger partial charge in [-0.15, -0.1) is 0 Å². The molecule has 2 radical (unpaired) electrons. The SMILES string of the molecule is [B]C1(c2cc(Cl)ccc2C#N)CC(N)C1. The highest BCUT2D eigenvalue weighted by Gasteiger charge is 2.40. The highest BCUT2D eigenvalue weighted by Crippen LogP contribution is 2.42. The van der Waals surface area contributed by atoms with Crippen molar-refractivity contribution in [3.63, 3.8) is 0 Å². The van der Waals surface area contributed by atoms with Gasteiger partial charge in [0.2, 0.25) is 0 Å². The second kappa shape index (κ2) is 3.55. The molecule has 15 heavy (non-hydrogen) atoms. The van der Waals surface area contributed by atoms with Crippen LogP contribution in [-0.4, -0.2) is 13.9 Å². The topological polar surface area (TPSA) is 49.8 Å². The van der Waals surface area contributed by atoms with Crippen LogP contribution in [0, 0.1) is 11.3 Å². The summed E-state index contributed by atoms with van der Waals surface area (Å²) in [5.41, 5.74) is 7.14. The predicted molar refractivity (Wildman–Crippen MR) is 60.8 cm³/mol. The molecule has 0 spiro atoms. The lowest BCUT2D eigenvalue weighted by atomic mass is 9.49.